The first-order valence-corrected chi connectivity index (χ1v) is 7.48. The monoisotopic (exact) mass is 306 g/mol. The van der Waals surface area contributed by atoms with E-state index in [1.807, 2.05) is 38.1 Å². The van der Waals surface area contributed by atoms with Gasteiger partial charge in [0.15, 0.2) is 12.1 Å². The molecule has 0 amide bonds. The minimum Gasteiger partial charge on any atom is -0.497 e. The molecule has 22 heavy (non-hydrogen) atoms. The molecule has 0 radical (unpaired) electrons. The van der Waals surface area contributed by atoms with Crippen LogP contribution in [0.3, 0.4) is 0 Å². The Bertz CT molecular complexity index is 547. The van der Waals surface area contributed by atoms with Gasteiger partial charge in [-0.25, -0.2) is 0 Å². The fraction of sp³-hybridized carbons (Fsp3) is 0.600. The molecule has 6 nitrogen and oxygen atoms in total. The van der Waals surface area contributed by atoms with Gasteiger partial charge < -0.3 is 28.3 Å². The molecule has 7 heteroatoms. The molecule has 1 aromatic carbocycles. The average Bonchev–Trinajstić information content (AvgIpc) is 2.98. The second-order valence-electron chi connectivity index (χ2n) is 6.18. The first-order chi connectivity index (χ1) is 10.6. The highest BCUT2D eigenvalue weighted by atomic mass is 16.8. The minimum atomic E-state index is -0.641. The summed E-state index contributed by atoms with van der Waals surface area (Å²) in [4.78, 5) is 0. The Balaban J connectivity index is 1.50. The lowest BCUT2D eigenvalue weighted by molar-refractivity contribution is -0.221. The average molecular weight is 306 g/mol. The van der Waals surface area contributed by atoms with Crippen LogP contribution in [0.1, 0.15) is 13.8 Å². The van der Waals surface area contributed by atoms with Gasteiger partial charge in [0, 0.05) is 0 Å². The van der Waals surface area contributed by atoms with Gasteiger partial charge in [-0.2, -0.15) is 0 Å². The van der Waals surface area contributed by atoms with Crippen LogP contribution in [-0.4, -0.2) is 51.2 Å². The lowest BCUT2D eigenvalue weighted by Crippen LogP contribution is -2.53. The Kier molecular flexibility index (Phi) is 3.43. The lowest BCUT2D eigenvalue weighted by Gasteiger charge is -2.32. The predicted octanol–water partition coefficient (Wildman–Crippen LogP) is 0.682. The van der Waals surface area contributed by atoms with Gasteiger partial charge in [0.2, 0.25) is 0 Å². The maximum absolute atomic E-state index is 6.08. The standard InChI is InChI=1S/C15H19BO6/c1-15(2)20-13-12-11(19-14(13)21-15)8-18-16(22-12)9-4-6-10(17-3)7-5-9/h4-7,11-14H,8H2,1-3H3/t11-,12+,13-,14-/m1/s1. The van der Waals surface area contributed by atoms with Crippen LogP contribution in [-0.2, 0) is 23.5 Å². The summed E-state index contributed by atoms with van der Waals surface area (Å²) in [6.07, 6.45) is -0.943. The molecule has 0 saturated carbocycles. The van der Waals surface area contributed by atoms with Crippen LogP contribution in [0.25, 0.3) is 0 Å². The number of fused-ring (bicyclic) bond motifs is 3. The molecule has 0 N–H and O–H groups in total. The molecular formula is C15H19BO6. The highest BCUT2D eigenvalue weighted by Gasteiger charge is 2.57. The van der Waals surface area contributed by atoms with Crippen molar-refractivity contribution in [2.24, 2.45) is 0 Å². The van der Waals surface area contributed by atoms with E-state index in [-0.39, 0.29) is 24.6 Å². The van der Waals surface area contributed by atoms with Crippen LogP contribution in [0.5, 0.6) is 5.75 Å². The summed E-state index contributed by atoms with van der Waals surface area (Å²) in [7, 11) is 1.21. The number of hydrogen-bond donors (Lipinski definition) is 0. The molecule has 3 heterocycles. The molecule has 3 saturated heterocycles. The van der Waals surface area contributed by atoms with Gasteiger partial charge in [-0.3, -0.25) is 0 Å². The van der Waals surface area contributed by atoms with Crippen molar-refractivity contribution in [1.29, 1.82) is 0 Å². The summed E-state index contributed by atoms with van der Waals surface area (Å²) in [6, 6.07) is 7.65. The van der Waals surface area contributed by atoms with Gasteiger partial charge in [0.25, 0.3) is 0 Å². The first-order valence-electron chi connectivity index (χ1n) is 7.48. The van der Waals surface area contributed by atoms with E-state index in [0.29, 0.717) is 6.61 Å². The molecule has 4 atom stereocenters. The zero-order valence-electron chi connectivity index (χ0n) is 12.9. The maximum Gasteiger partial charge on any atom is 0.494 e. The summed E-state index contributed by atoms with van der Waals surface area (Å²) in [5.74, 6) is 0.161. The van der Waals surface area contributed by atoms with Gasteiger partial charge >= 0.3 is 7.12 Å². The smallest absolute Gasteiger partial charge is 0.494 e. The van der Waals surface area contributed by atoms with Gasteiger partial charge in [0.05, 0.1) is 13.7 Å². The second kappa shape index (κ2) is 5.21. The van der Waals surface area contributed by atoms with E-state index < -0.39 is 12.9 Å². The molecule has 0 aromatic heterocycles. The molecule has 3 aliphatic rings. The number of rotatable bonds is 2. The van der Waals surface area contributed by atoms with E-state index in [4.69, 9.17) is 28.3 Å². The fourth-order valence-corrected chi connectivity index (χ4v) is 3.15. The summed E-state index contributed by atoms with van der Waals surface area (Å²) in [5, 5.41) is 0. The topological polar surface area (TPSA) is 55.4 Å². The third kappa shape index (κ3) is 2.43. The third-order valence-corrected chi connectivity index (χ3v) is 4.17. The summed E-state index contributed by atoms with van der Waals surface area (Å²) >= 11 is 0. The highest BCUT2D eigenvalue weighted by molar-refractivity contribution is 6.61. The van der Waals surface area contributed by atoms with Crippen LogP contribution < -0.4 is 10.2 Å². The highest BCUT2D eigenvalue weighted by Crippen LogP contribution is 2.40. The fourth-order valence-electron chi connectivity index (χ4n) is 3.15. The zero-order valence-corrected chi connectivity index (χ0v) is 12.9. The van der Waals surface area contributed by atoms with Crippen LogP contribution in [0.15, 0.2) is 24.3 Å². The van der Waals surface area contributed by atoms with Crippen molar-refractivity contribution in [1.82, 2.24) is 0 Å². The van der Waals surface area contributed by atoms with Crippen LogP contribution in [0.2, 0.25) is 0 Å². The van der Waals surface area contributed by atoms with E-state index in [1.165, 1.54) is 0 Å². The number of benzene rings is 1. The number of methoxy groups -OCH3 is 1. The first kappa shape index (κ1) is 14.5. The van der Waals surface area contributed by atoms with Crippen LogP contribution in [0.4, 0.5) is 0 Å². The molecule has 1 aromatic rings. The van der Waals surface area contributed by atoms with E-state index >= 15 is 0 Å². The van der Waals surface area contributed by atoms with Crippen molar-refractivity contribution in [3.05, 3.63) is 24.3 Å². The molecule has 118 valence electrons. The van der Waals surface area contributed by atoms with Crippen molar-refractivity contribution in [2.45, 2.75) is 44.2 Å². The Labute approximate surface area is 129 Å². The van der Waals surface area contributed by atoms with Gasteiger partial charge in [-0.05, 0) is 31.4 Å². The van der Waals surface area contributed by atoms with Gasteiger partial charge in [-0.15, -0.1) is 0 Å². The molecule has 0 unspecified atom stereocenters. The van der Waals surface area contributed by atoms with E-state index in [0.717, 1.165) is 11.2 Å². The summed E-state index contributed by atoms with van der Waals surface area (Å²) < 4.78 is 34.5. The van der Waals surface area contributed by atoms with Gasteiger partial charge in [0.1, 0.15) is 24.1 Å². The number of ether oxygens (including phenoxy) is 4. The Hall–Kier alpha value is -1.12. The molecule has 0 aliphatic carbocycles. The van der Waals surface area contributed by atoms with Crippen LogP contribution in [0, 0.1) is 0 Å². The van der Waals surface area contributed by atoms with Crippen molar-refractivity contribution >= 4 is 12.6 Å². The normalized spacial score (nSPS) is 36.0. The van der Waals surface area contributed by atoms with Crippen molar-refractivity contribution < 1.29 is 28.3 Å². The second-order valence-corrected chi connectivity index (χ2v) is 6.18. The van der Waals surface area contributed by atoms with Crippen LogP contribution >= 0.6 is 0 Å². The molecule has 0 spiro atoms. The molecule has 3 aliphatic heterocycles. The minimum absolute atomic E-state index is 0.152. The Morgan fingerprint density at radius 2 is 1.91 bits per heavy atom. The predicted molar refractivity (Wildman–Crippen MR) is 77.9 cm³/mol. The number of hydrogen-bond acceptors (Lipinski definition) is 6. The quantitative estimate of drug-likeness (QED) is 0.749. The SMILES string of the molecule is COc1ccc(B2OC[C@H]3O[C@@H]4OC(C)(C)O[C@@H]4[C@H]3O2)cc1. The summed E-state index contributed by atoms with van der Waals surface area (Å²) in [5.41, 5.74) is 0.945. The van der Waals surface area contributed by atoms with E-state index in [1.54, 1.807) is 7.11 Å². The largest absolute Gasteiger partial charge is 0.497 e. The molecule has 0 bridgehead atoms. The van der Waals surface area contributed by atoms with Crippen molar-refractivity contribution in [3.63, 3.8) is 0 Å². The zero-order chi connectivity index (χ0) is 15.3. The molecular weight excluding hydrogens is 287 g/mol. The maximum atomic E-state index is 6.08. The van der Waals surface area contributed by atoms with E-state index in [9.17, 15) is 0 Å². The third-order valence-electron chi connectivity index (χ3n) is 4.17. The van der Waals surface area contributed by atoms with Gasteiger partial charge in [-0.1, -0.05) is 12.1 Å². The Morgan fingerprint density at radius 3 is 2.64 bits per heavy atom. The lowest BCUT2D eigenvalue weighted by atomic mass is 9.77. The summed E-state index contributed by atoms with van der Waals surface area (Å²) in [6.45, 7) is 4.22. The molecule has 4 rings (SSSR count). The molecule has 3 fully saturated rings. The Morgan fingerprint density at radius 1 is 1.14 bits per heavy atom. The van der Waals surface area contributed by atoms with Crippen molar-refractivity contribution in [3.8, 4) is 5.75 Å². The van der Waals surface area contributed by atoms with Crippen molar-refractivity contribution in [2.75, 3.05) is 13.7 Å². The van der Waals surface area contributed by atoms with E-state index in [2.05, 4.69) is 0 Å².